The van der Waals surface area contributed by atoms with Gasteiger partial charge in [0, 0.05) is 35.8 Å². The topological polar surface area (TPSA) is 83.2 Å². The molecule has 2 aromatic carbocycles. The zero-order valence-corrected chi connectivity index (χ0v) is 20.0. The summed E-state index contributed by atoms with van der Waals surface area (Å²) in [6, 6.07) is 18.7. The first kappa shape index (κ1) is 21.9. The number of hydrogen-bond acceptors (Lipinski definition) is 5. The number of nitrogens with zero attached hydrogens (tertiary/aromatic N) is 4. The number of hydrogen-bond donors (Lipinski definition) is 1. The largest absolute Gasteiger partial charge is 0.497 e. The summed E-state index contributed by atoms with van der Waals surface area (Å²) < 4.78 is 6.85. The lowest BCUT2D eigenvalue weighted by molar-refractivity contribution is 0.0973. The van der Waals surface area contributed by atoms with Gasteiger partial charge in [-0.15, -0.1) is 0 Å². The van der Waals surface area contributed by atoms with Crippen molar-refractivity contribution in [2.24, 2.45) is 0 Å². The summed E-state index contributed by atoms with van der Waals surface area (Å²) in [5.74, 6) is 0.594. The molecule has 0 atom stereocenters. The second-order valence-electron chi connectivity index (χ2n) is 9.94. The Labute approximate surface area is 205 Å². The Kier molecular flexibility index (Phi) is 5.34. The fraction of sp³-hybridized carbons (Fsp3) is 0.393. The van der Waals surface area contributed by atoms with Crippen LogP contribution in [-0.4, -0.2) is 41.9 Å². The zero-order chi connectivity index (χ0) is 24.0. The van der Waals surface area contributed by atoms with Gasteiger partial charge in [0.25, 0.3) is 5.91 Å². The molecule has 2 saturated carbocycles. The SMILES string of the molecule is COc1ccc(-n2nc(C#N)c3c2C(=O)N(c2ccc(C4(CNC5CCC5)CC4)cc2)CC3)cc1. The number of benzene rings is 2. The van der Waals surface area contributed by atoms with E-state index in [0.29, 0.717) is 30.4 Å². The Balaban J connectivity index is 1.26. The third kappa shape index (κ3) is 3.78. The Morgan fingerprint density at radius 3 is 2.43 bits per heavy atom. The molecule has 2 heterocycles. The van der Waals surface area contributed by atoms with Gasteiger partial charge in [0.1, 0.15) is 17.5 Å². The normalized spacial score (nSPS) is 18.5. The highest BCUT2D eigenvalue weighted by Gasteiger charge is 2.44. The van der Waals surface area contributed by atoms with Crippen LogP contribution in [0.4, 0.5) is 5.69 Å². The zero-order valence-electron chi connectivity index (χ0n) is 20.0. The van der Waals surface area contributed by atoms with Gasteiger partial charge in [0.15, 0.2) is 5.69 Å². The molecule has 3 aliphatic rings. The third-order valence-corrected chi connectivity index (χ3v) is 7.92. The van der Waals surface area contributed by atoms with Crippen LogP contribution >= 0.6 is 0 Å². The Morgan fingerprint density at radius 2 is 1.83 bits per heavy atom. The first-order valence-electron chi connectivity index (χ1n) is 12.4. The van der Waals surface area contributed by atoms with E-state index in [9.17, 15) is 10.1 Å². The smallest absolute Gasteiger partial charge is 0.277 e. The van der Waals surface area contributed by atoms with Crippen molar-refractivity contribution < 1.29 is 9.53 Å². The fourth-order valence-electron chi connectivity index (χ4n) is 5.27. The summed E-state index contributed by atoms with van der Waals surface area (Å²) in [7, 11) is 1.61. The van der Waals surface area contributed by atoms with Crippen molar-refractivity contribution in [1.82, 2.24) is 15.1 Å². The van der Waals surface area contributed by atoms with Crippen LogP contribution in [0, 0.1) is 11.3 Å². The number of amides is 1. The number of nitriles is 1. The minimum atomic E-state index is -0.128. The van der Waals surface area contributed by atoms with E-state index in [0.717, 1.165) is 29.2 Å². The number of methoxy groups -OCH3 is 1. The maximum Gasteiger partial charge on any atom is 0.277 e. The van der Waals surface area contributed by atoms with Crippen molar-refractivity contribution in [3.63, 3.8) is 0 Å². The molecule has 0 unspecified atom stereocenters. The third-order valence-electron chi connectivity index (χ3n) is 7.92. The highest BCUT2D eigenvalue weighted by Crippen LogP contribution is 2.48. The highest BCUT2D eigenvalue weighted by molar-refractivity contribution is 6.07. The highest BCUT2D eigenvalue weighted by atomic mass is 16.5. The van der Waals surface area contributed by atoms with Crippen molar-refractivity contribution in [3.8, 4) is 17.5 Å². The van der Waals surface area contributed by atoms with Crippen LogP contribution in [0.3, 0.4) is 0 Å². The minimum Gasteiger partial charge on any atom is -0.497 e. The number of carbonyl (C=O) groups is 1. The fourth-order valence-corrected chi connectivity index (χ4v) is 5.27. The molecule has 1 amide bonds. The second-order valence-corrected chi connectivity index (χ2v) is 9.94. The molecule has 0 spiro atoms. The summed E-state index contributed by atoms with van der Waals surface area (Å²) in [6.07, 6.45) is 6.98. The summed E-state index contributed by atoms with van der Waals surface area (Å²) >= 11 is 0. The molecule has 7 heteroatoms. The van der Waals surface area contributed by atoms with E-state index in [1.165, 1.54) is 37.7 Å². The molecule has 178 valence electrons. The number of fused-ring (bicyclic) bond motifs is 1. The van der Waals surface area contributed by atoms with Crippen molar-refractivity contribution in [1.29, 1.82) is 5.26 Å². The molecule has 2 aliphatic carbocycles. The van der Waals surface area contributed by atoms with Crippen LogP contribution in [0.1, 0.15) is 59.4 Å². The van der Waals surface area contributed by atoms with Crippen molar-refractivity contribution in [3.05, 3.63) is 71.0 Å². The van der Waals surface area contributed by atoms with E-state index >= 15 is 0 Å². The van der Waals surface area contributed by atoms with E-state index in [4.69, 9.17) is 4.74 Å². The first-order valence-corrected chi connectivity index (χ1v) is 12.4. The van der Waals surface area contributed by atoms with Gasteiger partial charge in [-0.1, -0.05) is 18.6 Å². The lowest BCUT2D eigenvalue weighted by atomic mass is 9.90. The Morgan fingerprint density at radius 1 is 1.11 bits per heavy atom. The van der Waals surface area contributed by atoms with Gasteiger partial charge >= 0.3 is 0 Å². The molecule has 2 fully saturated rings. The molecule has 35 heavy (non-hydrogen) atoms. The molecular weight excluding hydrogens is 438 g/mol. The molecule has 0 bridgehead atoms. The monoisotopic (exact) mass is 467 g/mol. The summed E-state index contributed by atoms with van der Waals surface area (Å²) in [5, 5.41) is 17.9. The molecular formula is C28H29N5O2. The van der Waals surface area contributed by atoms with Gasteiger partial charge in [-0.05, 0) is 74.1 Å². The van der Waals surface area contributed by atoms with Crippen LogP contribution in [0.15, 0.2) is 48.5 Å². The van der Waals surface area contributed by atoms with E-state index in [2.05, 4.69) is 40.8 Å². The van der Waals surface area contributed by atoms with E-state index < -0.39 is 0 Å². The van der Waals surface area contributed by atoms with E-state index in [1.807, 2.05) is 24.3 Å². The molecule has 0 radical (unpaired) electrons. The van der Waals surface area contributed by atoms with Crippen molar-refractivity contribution >= 4 is 11.6 Å². The van der Waals surface area contributed by atoms with Gasteiger partial charge in [-0.2, -0.15) is 10.4 Å². The maximum absolute atomic E-state index is 13.7. The van der Waals surface area contributed by atoms with Gasteiger partial charge in [0.2, 0.25) is 0 Å². The van der Waals surface area contributed by atoms with Gasteiger partial charge in [-0.3, -0.25) is 4.79 Å². The average molecular weight is 468 g/mol. The molecule has 7 nitrogen and oxygen atoms in total. The first-order chi connectivity index (χ1) is 17.1. The number of ether oxygens (including phenoxy) is 1. The van der Waals surface area contributed by atoms with E-state index in [1.54, 1.807) is 16.7 Å². The van der Waals surface area contributed by atoms with Crippen LogP contribution in [-0.2, 0) is 11.8 Å². The quantitative estimate of drug-likeness (QED) is 0.565. The molecule has 0 saturated heterocycles. The lowest BCUT2D eigenvalue weighted by Crippen LogP contribution is -2.40. The average Bonchev–Trinajstić information content (AvgIpc) is 3.56. The second kappa shape index (κ2) is 8.54. The van der Waals surface area contributed by atoms with Crippen LogP contribution in [0.2, 0.25) is 0 Å². The molecule has 1 aliphatic heterocycles. The number of nitrogens with one attached hydrogen (secondary N) is 1. The minimum absolute atomic E-state index is 0.128. The predicted molar refractivity (Wildman–Crippen MR) is 133 cm³/mol. The van der Waals surface area contributed by atoms with Crippen molar-refractivity contribution in [2.75, 3.05) is 25.1 Å². The van der Waals surface area contributed by atoms with Crippen LogP contribution in [0.5, 0.6) is 5.75 Å². The number of carbonyl (C=O) groups excluding carboxylic acids is 1. The number of aromatic nitrogens is 2. The summed E-state index contributed by atoms with van der Waals surface area (Å²) in [6.45, 7) is 1.57. The van der Waals surface area contributed by atoms with Crippen LogP contribution in [0.25, 0.3) is 5.69 Å². The van der Waals surface area contributed by atoms with Gasteiger partial charge in [-0.25, -0.2) is 4.68 Å². The van der Waals surface area contributed by atoms with Crippen molar-refractivity contribution in [2.45, 2.75) is 50.0 Å². The standard InChI is InChI=1S/C28H29N5O2/c1-35-23-11-9-22(10-12-23)33-26-24(25(17-29)31-33)13-16-32(27(26)34)21-7-5-19(6-8-21)28(14-15-28)18-30-20-3-2-4-20/h5-12,20,30H,2-4,13-16,18H2,1H3. The molecule has 3 aromatic rings. The summed E-state index contributed by atoms with van der Waals surface area (Å²) in [4.78, 5) is 15.5. The molecule has 1 aromatic heterocycles. The molecule has 6 rings (SSSR count). The predicted octanol–water partition coefficient (Wildman–Crippen LogP) is 4.13. The van der Waals surface area contributed by atoms with E-state index in [-0.39, 0.29) is 11.3 Å². The summed E-state index contributed by atoms with van der Waals surface area (Å²) in [5.41, 5.74) is 4.71. The van der Waals surface area contributed by atoms with Gasteiger partial charge in [0.05, 0.1) is 12.8 Å². The number of rotatable bonds is 7. The Bertz CT molecular complexity index is 1290. The Hall–Kier alpha value is -3.63. The van der Waals surface area contributed by atoms with Crippen LogP contribution < -0.4 is 15.0 Å². The molecule has 1 N–H and O–H groups in total. The number of anilines is 1. The maximum atomic E-state index is 13.7. The lowest BCUT2D eigenvalue weighted by Gasteiger charge is -2.30. The van der Waals surface area contributed by atoms with Gasteiger partial charge < -0.3 is 15.0 Å².